The van der Waals surface area contributed by atoms with Gasteiger partial charge in [-0.1, -0.05) is 136 Å². The summed E-state index contributed by atoms with van der Waals surface area (Å²) in [6, 6.07) is 16.8. The summed E-state index contributed by atoms with van der Waals surface area (Å²) in [5.41, 5.74) is 3.70. The zero-order valence-corrected chi connectivity index (χ0v) is 24.3. The van der Waals surface area contributed by atoms with Gasteiger partial charge in [0.2, 0.25) is 0 Å². The van der Waals surface area contributed by atoms with Gasteiger partial charge in [0.1, 0.15) is 3.23 Å². The van der Waals surface area contributed by atoms with E-state index in [1.165, 1.54) is 16.7 Å². The zero-order chi connectivity index (χ0) is 23.6. The highest BCUT2D eigenvalue weighted by molar-refractivity contribution is 9.25. The van der Waals surface area contributed by atoms with E-state index in [1.54, 1.807) is 0 Å². The molecule has 2 aromatic rings. The molecule has 168 valence electrons. The van der Waals surface area contributed by atoms with Crippen LogP contribution in [-0.2, 0) is 15.4 Å². The number of halogens is 2. The van der Waals surface area contributed by atoms with Crippen molar-refractivity contribution in [3.05, 3.63) is 70.5 Å². The number of allylic oxidation sites excluding steroid dienone is 2. The van der Waals surface area contributed by atoms with Crippen LogP contribution in [0, 0.1) is 5.41 Å². The maximum atomic E-state index is 15.0. The summed E-state index contributed by atoms with van der Waals surface area (Å²) in [5, 5.41) is 2.76. The summed E-state index contributed by atoms with van der Waals surface area (Å²) in [4.78, 5) is 0. The summed E-state index contributed by atoms with van der Waals surface area (Å²) >= 11 is 7.65. The molecule has 1 saturated carbocycles. The van der Waals surface area contributed by atoms with Crippen molar-refractivity contribution in [2.45, 2.75) is 76.4 Å². The van der Waals surface area contributed by atoms with Crippen LogP contribution in [0.15, 0.2) is 59.4 Å². The van der Waals surface area contributed by atoms with Crippen LogP contribution in [0.2, 0.25) is 0 Å². The average molecular weight is 566 g/mol. The summed E-state index contributed by atoms with van der Waals surface area (Å²) in [7, 11) is -2.99. The number of rotatable bonds is 3. The zero-order valence-electron chi connectivity index (χ0n) is 20.2. The number of alkyl halides is 2. The minimum absolute atomic E-state index is 0.0593. The third-order valence-electron chi connectivity index (χ3n) is 6.69. The molecule has 0 N–H and O–H groups in total. The van der Waals surface area contributed by atoms with Gasteiger partial charge in [0, 0.05) is 16.0 Å². The predicted octanol–water partition coefficient (Wildman–Crippen LogP) is 8.40. The summed E-state index contributed by atoms with van der Waals surface area (Å²) < 4.78 is 14.7. The minimum atomic E-state index is -2.99. The molecule has 0 bridgehead atoms. The molecule has 0 spiro atoms. The van der Waals surface area contributed by atoms with Crippen LogP contribution in [0.1, 0.15) is 73.4 Å². The van der Waals surface area contributed by atoms with Gasteiger partial charge in [-0.2, -0.15) is 0 Å². The second kappa shape index (κ2) is 7.71. The fourth-order valence-corrected chi connectivity index (χ4v) is 9.34. The number of hydrogen-bond acceptors (Lipinski definition) is 1. The number of benzene rings is 2. The lowest BCUT2D eigenvalue weighted by molar-refractivity contribution is 0.586. The molecule has 2 aromatic carbocycles. The van der Waals surface area contributed by atoms with Crippen LogP contribution < -0.4 is 10.6 Å². The van der Waals surface area contributed by atoms with Gasteiger partial charge in [-0.3, -0.25) is 0 Å². The first-order valence-corrected chi connectivity index (χ1v) is 14.2. The first-order valence-electron chi connectivity index (χ1n) is 10.9. The Labute approximate surface area is 205 Å². The van der Waals surface area contributed by atoms with E-state index in [0.717, 1.165) is 15.9 Å². The van der Waals surface area contributed by atoms with E-state index in [-0.39, 0.29) is 19.5 Å². The lowest BCUT2D eigenvalue weighted by atomic mass is 9.87. The Bertz CT molecular complexity index is 983. The van der Waals surface area contributed by atoms with Crippen LogP contribution in [0.3, 0.4) is 0 Å². The Kier molecular flexibility index (Phi) is 6.22. The van der Waals surface area contributed by atoms with Gasteiger partial charge < -0.3 is 4.57 Å². The maximum Gasteiger partial charge on any atom is 0.166 e. The molecule has 1 nitrogen and oxygen atoms in total. The number of hydrogen-bond donors (Lipinski definition) is 0. The van der Waals surface area contributed by atoms with Crippen LogP contribution in [0.4, 0.5) is 0 Å². The fraction of sp³-hybridized carbons (Fsp3) is 0.481. The van der Waals surface area contributed by atoms with Crippen molar-refractivity contribution in [2.75, 3.05) is 0 Å². The average Bonchev–Trinajstić information content (AvgIpc) is 3.07. The molecular weight excluding hydrogens is 531 g/mol. The van der Waals surface area contributed by atoms with Gasteiger partial charge >= 0.3 is 0 Å². The highest BCUT2D eigenvalue weighted by Crippen LogP contribution is 2.75. The van der Waals surface area contributed by atoms with Crippen molar-refractivity contribution in [1.82, 2.24) is 0 Å². The third-order valence-corrected chi connectivity index (χ3v) is 12.7. The lowest BCUT2D eigenvalue weighted by Gasteiger charge is -2.25. The van der Waals surface area contributed by atoms with Crippen molar-refractivity contribution < 1.29 is 4.57 Å². The summed E-state index contributed by atoms with van der Waals surface area (Å²) in [6.45, 7) is 19.7. The molecule has 0 amide bonds. The fourth-order valence-electron chi connectivity index (χ4n) is 4.28. The first kappa shape index (κ1) is 25.0. The SMILES string of the molecule is C/C(=C1\C(C)(C)C1(Br)Br)P(=O)(c1ccc(C(C)(C)C)cc1)c1ccc(C(C)(C)C)cc1. The second-order valence-electron chi connectivity index (χ2n) is 11.4. The van der Waals surface area contributed by atoms with Crippen LogP contribution in [0.5, 0.6) is 0 Å². The molecule has 31 heavy (non-hydrogen) atoms. The van der Waals surface area contributed by atoms with E-state index in [4.69, 9.17) is 0 Å². The Hall–Kier alpha value is -0.630. The van der Waals surface area contributed by atoms with Gasteiger partial charge in [0.05, 0.1) is 0 Å². The van der Waals surface area contributed by atoms with Crippen molar-refractivity contribution in [3.8, 4) is 0 Å². The lowest BCUT2D eigenvalue weighted by Crippen LogP contribution is -2.20. The van der Waals surface area contributed by atoms with Gasteiger partial charge in [-0.25, -0.2) is 0 Å². The van der Waals surface area contributed by atoms with Gasteiger partial charge in [0.15, 0.2) is 7.14 Å². The van der Waals surface area contributed by atoms with E-state index in [1.807, 2.05) is 0 Å². The van der Waals surface area contributed by atoms with Crippen LogP contribution >= 0.6 is 39.0 Å². The molecule has 1 fully saturated rings. The second-order valence-corrected chi connectivity index (χ2v) is 17.7. The van der Waals surface area contributed by atoms with Gasteiger partial charge in [0.25, 0.3) is 0 Å². The topological polar surface area (TPSA) is 17.1 Å². The molecule has 0 heterocycles. The monoisotopic (exact) mass is 564 g/mol. The Morgan fingerprint density at radius 1 is 0.742 bits per heavy atom. The normalized spacial score (nSPS) is 19.8. The highest BCUT2D eigenvalue weighted by Gasteiger charge is 2.66. The Morgan fingerprint density at radius 2 is 1.03 bits per heavy atom. The van der Waals surface area contributed by atoms with E-state index in [2.05, 4.69) is 143 Å². The Morgan fingerprint density at radius 3 is 1.26 bits per heavy atom. The molecule has 1 aliphatic rings. The predicted molar refractivity (Wildman–Crippen MR) is 144 cm³/mol. The maximum absolute atomic E-state index is 15.0. The summed E-state index contributed by atoms with van der Waals surface area (Å²) in [6.07, 6.45) is 0. The Balaban J connectivity index is 2.23. The molecule has 0 saturated heterocycles. The van der Waals surface area contributed by atoms with Crippen LogP contribution in [-0.4, -0.2) is 3.23 Å². The molecule has 0 radical (unpaired) electrons. The van der Waals surface area contributed by atoms with Crippen molar-refractivity contribution in [2.24, 2.45) is 5.41 Å². The quantitative estimate of drug-likeness (QED) is 0.270. The standard InChI is InChI=1S/C27H35Br2OP/c1-18(23-26(8,9)27(23,28)29)31(30,21-14-10-19(11-15-21)24(2,3)4)22-16-12-20(13-17-22)25(5,6)7/h10-17H,1-9H3/b23-18-. The molecular formula is C27H35Br2OP. The molecule has 1 aliphatic carbocycles. The van der Waals surface area contributed by atoms with Crippen molar-refractivity contribution in [3.63, 3.8) is 0 Å². The van der Waals surface area contributed by atoms with Gasteiger partial charge in [-0.15, -0.1) is 0 Å². The van der Waals surface area contributed by atoms with E-state index in [9.17, 15) is 4.57 Å². The molecule has 0 aliphatic heterocycles. The molecule has 3 rings (SSSR count). The van der Waals surface area contributed by atoms with Crippen molar-refractivity contribution >= 4 is 49.6 Å². The van der Waals surface area contributed by atoms with E-state index in [0.29, 0.717) is 0 Å². The first-order chi connectivity index (χ1) is 13.9. The van der Waals surface area contributed by atoms with E-state index < -0.39 is 7.14 Å². The molecule has 0 aromatic heterocycles. The summed E-state index contributed by atoms with van der Waals surface area (Å²) in [5.74, 6) is 0. The molecule has 4 heteroatoms. The van der Waals surface area contributed by atoms with Crippen LogP contribution in [0.25, 0.3) is 0 Å². The highest BCUT2D eigenvalue weighted by atomic mass is 79.9. The minimum Gasteiger partial charge on any atom is -0.309 e. The van der Waals surface area contributed by atoms with E-state index >= 15 is 0 Å². The molecule has 0 atom stereocenters. The third kappa shape index (κ3) is 4.20. The van der Waals surface area contributed by atoms with Gasteiger partial charge in [-0.05, 0) is 39.8 Å². The molecule has 0 unspecified atom stereocenters. The smallest absolute Gasteiger partial charge is 0.166 e. The largest absolute Gasteiger partial charge is 0.309 e. The van der Waals surface area contributed by atoms with Crippen molar-refractivity contribution in [1.29, 1.82) is 0 Å².